The third kappa shape index (κ3) is 6.02. The Kier molecular flexibility index (Phi) is 7.88. The van der Waals surface area contributed by atoms with Gasteiger partial charge in [0.15, 0.2) is 5.75 Å². The highest BCUT2D eigenvalue weighted by Crippen LogP contribution is 2.26. The van der Waals surface area contributed by atoms with Crippen LogP contribution in [0.25, 0.3) is 0 Å². The van der Waals surface area contributed by atoms with Crippen molar-refractivity contribution in [2.45, 2.75) is 19.9 Å². The number of rotatable bonds is 8. The van der Waals surface area contributed by atoms with Crippen molar-refractivity contribution in [3.63, 3.8) is 0 Å². The number of nitrogens with zero attached hydrogens (tertiary/aromatic N) is 2. The smallest absolute Gasteiger partial charge is 0.311 e. The molecule has 9 nitrogen and oxygen atoms in total. The van der Waals surface area contributed by atoms with Crippen LogP contribution in [-0.2, 0) is 4.79 Å². The van der Waals surface area contributed by atoms with Gasteiger partial charge in [0.25, 0.3) is 11.8 Å². The third-order valence-corrected chi connectivity index (χ3v) is 4.35. The number of methoxy groups -OCH3 is 1. The highest BCUT2D eigenvalue weighted by molar-refractivity contribution is 6.31. The van der Waals surface area contributed by atoms with Crippen molar-refractivity contribution >= 4 is 35.3 Å². The maximum atomic E-state index is 12.5. The fraction of sp³-hybridized carbons (Fsp3) is 0.250. The standard InChI is InChI=1S/C20H21ClN4O5/c1-12(2)18(23-19(26)14-5-4-6-15(21)10-14)20(27)24-22-11-13-7-8-17(30-3)16(9-13)25(28)29/h4-12,18H,1-3H3,(H,23,26)(H,24,27)/b22-11-. The first kappa shape index (κ1) is 22.8. The van der Waals surface area contributed by atoms with Gasteiger partial charge in [0, 0.05) is 22.2 Å². The lowest BCUT2D eigenvalue weighted by atomic mass is 10.0. The van der Waals surface area contributed by atoms with Crippen LogP contribution in [0.2, 0.25) is 5.02 Å². The summed E-state index contributed by atoms with van der Waals surface area (Å²) in [6.07, 6.45) is 1.26. The molecule has 0 aromatic heterocycles. The summed E-state index contributed by atoms with van der Waals surface area (Å²) in [6, 6.07) is 9.79. The Morgan fingerprint density at radius 1 is 1.23 bits per heavy atom. The van der Waals surface area contributed by atoms with Crippen LogP contribution in [-0.4, -0.2) is 36.1 Å². The number of benzene rings is 2. The van der Waals surface area contributed by atoms with Crippen LogP contribution in [0.4, 0.5) is 5.69 Å². The summed E-state index contributed by atoms with van der Waals surface area (Å²) in [5.74, 6) is -1.07. The molecule has 0 aliphatic rings. The van der Waals surface area contributed by atoms with E-state index in [1.165, 1.54) is 31.5 Å². The molecular weight excluding hydrogens is 412 g/mol. The predicted octanol–water partition coefficient (Wildman–Crippen LogP) is 3.16. The molecule has 1 unspecified atom stereocenters. The molecule has 0 fully saturated rings. The van der Waals surface area contributed by atoms with Gasteiger partial charge in [-0.2, -0.15) is 5.10 Å². The number of nitro groups is 1. The molecule has 2 aromatic rings. The van der Waals surface area contributed by atoms with Crippen molar-refractivity contribution in [3.8, 4) is 5.75 Å². The average Bonchev–Trinajstić information content (AvgIpc) is 2.71. The Morgan fingerprint density at radius 2 is 1.97 bits per heavy atom. The van der Waals surface area contributed by atoms with Crippen LogP contribution in [0.15, 0.2) is 47.6 Å². The zero-order valence-corrected chi connectivity index (χ0v) is 17.3. The second-order valence-corrected chi connectivity index (χ2v) is 7.06. The molecule has 0 saturated carbocycles. The van der Waals surface area contributed by atoms with Crippen LogP contribution < -0.4 is 15.5 Å². The van der Waals surface area contributed by atoms with E-state index in [1.807, 2.05) is 0 Å². The van der Waals surface area contributed by atoms with Crippen molar-refractivity contribution in [1.82, 2.24) is 10.7 Å². The van der Waals surface area contributed by atoms with Crippen molar-refractivity contribution in [2.24, 2.45) is 11.0 Å². The highest BCUT2D eigenvalue weighted by Gasteiger charge is 2.24. The van der Waals surface area contributed by atoms with Gasteiger partial charge in [-0.15, -0.1) is 0 Å². The van der Waals surface area contributed by atoms with E-state index >= 15 is 0 Å². The first-order valence-electron chi connectivity index (χ1n) is 8.94. The zero-order valence-electron chi connectivity index (χ0n) is 16.6. The van der Waals surface area contributed by atoms with Gasteiger partial charge < -0.3 is 10.1 Å². The average molecular weight is 433 g/mol. The van der Waals surface area contributed by atoms with Crippen molar-refractivity contribution < 1.29 is 19.2 Å². The van der Waals surface area contributed by atoms with Crippen LogP contribution in [0.3, 0.4) is 0 Å². The van der Waals surface area contributed by atoms with E-state index in [2.05, 4.69) is 15.8 Å². The largest absolute Gasteiger partial charge is 0.490 e. The van der Waals surface area contributed by atoms with E-state index in [4.69, 9.17) is 16.3 Å². The van der Waals surface area contributed by atoms with Crippen LogP contribution in [0.5, 0.6) is 5.75 Å². The van der Waals surface area contributed by atoms with E-state index in [0.717, 1.165) is 0 Å². The number of ether oxygens (including phenoxy) is 1. The maximum Gasteiger partial charge on any atom is 0.311 e. The quantitative estimate of drug-likeness (QED) is 0.376. The van der Waals surface area contributed by atoms with Gasteiger partial charge in [0.2, 0.25) is 0 Å². The van der Waals surface area contributed by atoms with Crippen molar-refractivity contribution in [3.05, 3.63) is 68.7 Å². The summed E-state index contributed by atoms with van der Waals surface area (Å²) in [5.41, 5.74) is 2.85. The van der Waals surface area contributed by atoms with Crippen molar-refractivity contribution in [2.75, 3.05) is 7.11 Å². The monoisotopic (exact) mass is 432 g/mol. The second-order valence-electron chi connectivity index (χ2n) is 6.63. The van der Waals surface area contributed by atoms with Gasteiger partial charge in [-0.25, -0.2) is 5.43 Å². The minimum atomic E-state index is -0.848. The number of amides is 2. The summed E-state index contributed by atoms with van der Waals surface area (Å²) < 4.78 is 4.94. The Morgan fingerprint density at radius 3 is 2.57 bits per heavy atom. The number of hydrogen-bond acceptors (Lipinski definition) is 6. The van der Waals surface area contributed by atoms with Gasteiger partial charge in [-0.3, -0.25) is 19.7 Å². The molecule has 2 amide bonds. The van der Waals surface area contributed by atoms with Gasteiger partial charge >= 0.3 is 5.69 Å². The molecule has 0 radical (unpaired) electrons. The van der Waals surface area contributed by atoms with Gasteiger partial charge in [0.1, 0.15) is 6.04 Å². The first-order valence-corrected chi connectivity index (χ1v) is 9.32. The Hall–Kier alpha value is -3.46. The summed E-state index contributed by atoms with van der Waals surface area (Å²) in [6.45, 7) is 3.55. The predicted molar refractivity (Wildman–Crippen MR) is 113 cm³/mol. The van der Waals surface area contributed by atoms with Crippen molar-refractivity contribution in [1.29, 1.82) is 0 Å². The first-order chi connectivity index (χ1) is 14.2. The van der Waals surface area contributed by atoms with Gasteiger partial charge in [-0.1, -0.05) is 31.5 Å². The maximum absolute atomic E-state index is 12.5. The van der Waals surface area contributed by atoms with Crippen LogP contribution >= 0.6 is 11.6 Å². The van der Waals surface area contributed by atoms with Gasteiger partial charge in [-0.05, 0) is 36.2 Å². The number of hydrazone groups is 1. The molecule has 2 N–H and O–H groups in total. The van der Waals surface area contributed by atoms with E-state index < -0.39 is 22.8 Å². The molecule has 1 atom stereocenters. The molecule has 2 rings (SSSR count). The molecule has 30 heavy (non-hydrogen) atoms. The number of nitrogens with one attached hydrogen (secondary N) is 2. The minimum absolute atomic E-state index is 0.116. The molecule has 0 spiro atoms. The summed E-state index contributed by atoms with van der Waals surface area (Å²) in [7, 11) is 1.33. The molecular formula is C20H21ClN4O5. The molecule has 0 aliphatic carbocycles. The summed E-state index contributed by atoms with van der Waals surface area (Å²) >= 11 is 5.90. The number of nitro benzene ring substituents is 1. The molecule has 0 bridgehead atoms. The van der Waals surface area contributed by atoms with E-state index in [9.17, 15) is 19.7 Å². The number of hydrogen-bond donors (Lipinski definition) is 2. The van der Waals surface area contributed by atoms with Crippen LogP contribution in [0.1, 0.15) is 29.8 Å². The molecule has 158 valence electrons. The number of carbonyl (C=O) groups is 2. The molecule has 0 saturated heterocycles. The van der Waals surface area contributed by atoms with E-state index in [0.29, 0.717) is 16.1 Å². The second kappa shape index (κ2) is 10.4. The number of halogens is 1. The fourth-order valence-corrected chi connectivity index (χ4v) is 2.75. The lowest BCUT2D eigenvalue weighted by Gasteiger charge is -2.20. The Bertz CT molecular complexity index is 977. The highest BCUT2D eigenvalue weighted by atomic mass is 35.5. The van der Waals surface area contributed by atoms with Crippen LogP contribution in [0, 0.1) is 16.0 Å². The van der Waals surface area contributed by atoms with E-state index in [1.54, 1.807) is 38.1 Å². The lowest BCUT2D eigenvalue weighted by molar-refractivity contribution is -0.385. The zero-order chi connectivity index (χ0) is 22.3. The lowest BCUT2D eigenvalue weighted by Crippen LogP contribution is -2.48. The molecule has 0 heterocycles. The van der Waals surface area contributed by atoms with E-state index in [-0.39, 0.29) is 17.4 Å². The SMILES string of the molecule is COc1ccc(/C=N\NC(=O)C(NC(=O)c2cccc(Cl)c2)C(C)C)cc1[N+](=O)[O-]. The Balaban J connectivity index is 2.07. The summed E-state index contributed by atoms with van der Waals surface area (Å²) in [4.78, 5) is 35.4. The Labute approximate surface area is 178 Å². The molecule has 10 heteroatoms. The third-order valence-electron chi connectivity index (χ3n) is 4.11. The fourth-order valence-electron chi connectivity index (χ4n) is 2.56. The topological polar surface area (TPSA) is 123 Å². The molecule has 0 aliphatic heterocycles. The minimum Gasteiger partial charge on any atom is -0.490 e. The molecule has 2 aromatic carbocycles. The number of carbonyl (C=O) groups excluding carboxylic acids is 2. The summed E-state index contributed by atoms with van der Waals surface area (Å²) in [5, 5.41) is 18.0. The van der Waals surface area contributed by atoms with Gasteiger partial charge in [0.05, 0.1) is 18.2 Å². The normalized spacial score (nSPS) is 11.9.